The van der Waals surface area contributed by atoms with Gasteiger partial charge in [-0.05, 0) is 45.9 Å². The summed E-state index contributed by atoms with van der Waals surface area (Å²) >= 11 is 6.54. The van der Waals surface area contributed by atoms with Crippen molar-refractivity contribution in [3.05, 3.63) is 42.7 Å². The van der Waals surface area contributed by atoms with Gasteiger partial charge in [-0.1, -0.05) is 6.07 Å². The third-order valence-corrected chi connectivity index (χ3v) is 5.33. The average Bonchev–Trinajstić information content (AvgIpc) is 2.91. The van der Waals surface area contributed by atoms with Crippen molar-refractivity contribution in [2.24, 2.45) is 5.73 Å². The second kappa shape index (κ2) is 5.05. The fraction of sp³-hybridized carbons (Fsp3) is 0.0833. The first-order valence-corrected chi connectivity index (χ1v) is 7.32. The van der Waals surface area contributed by atoms with Gasteiger partial charge in [-0.2, -0.15) is 5.26 Å². The van der Waals surface area contributed by atoms with E-state index in [1.165, 1.54) is 11.3 Å². The summed E-state index contributed by atoms with van der Waals surface area (Å²) in [5, 5.41) is 11.2. The number of aryl methyl sites for hydroxylation is 1. The molecule has 0 aliphatic carbocycles. The van der Waals surface area contributed by atoms with Crippen molar-refractivity contribution in [1.29, 1.82) is 5.26 Å². The SMILES string of the molecule is Cc1cc(/C(N)=C(/C#N)c2cccs2)sc1Br. The Kier molecular flexibility index (Phi) is 3.67. The Hall–Kier alpha value is -1.09. The Morgan fingerprint density at radius 1 is 1.47 bits per heavy atom. The number of hydrogen-bond acceptors (Lipinski definition) is 4. The summed E-state index contributed by atoms with van der Waals surface area (Å²) in [7, 11) is 0. The Morgan fingerprint density at radius 3 is 2.71 bits per heavy atom. The molecule has 2 aromatic rings. The van der Waals surface area contributed by atoms with E-state index in [9.17, 15) is 5.26 Å². The quantitative estimate of drug-likeness (QED) is 0.840. The molecule has 17 heavy (non-hydrogen) atoms. The molecule has 0 saturated heterocycles. The molecule has 2 aromatic heterocycles. The van der Waals surface area contributed by atoms with E-state index < -0.39 is 0 Å². The molecule has 0 atom stereocenters. The maximum absolute atomic E-state index is 9.22. The van der Waals surface area contributed by atoms with Crippen LogP contribution in [0.2, 0.25) is 0 Å². The normalized spacial score (nSPS) is 12.1. The van der Waals surface area contributed by atoms with E-state index in [2.05, 4.69) is 22.0 Å². The lowest BCUT2D eigenvalue weighted by molar-refractivity contribution is 1.50. The number of halogens is 1. The van der Waals surface area contributed by atoms with Gasteiger partial charge in [0.05, 0.1) is 19.9 Å². The number of nitrogens with zero attached hydrogens (tertiary/aromatic N) is 1. The van der Waals surface area contributed by atoms with Crippen LogP contribution in [0.25, 0.3) is 11.3 Å². The van der Waals surface area contributed by atoms with Crippen molar-refractivity contribution in [1.82, 2.24) is 0 Å². The van der Waals surface area contributed by atoms with Crippen molar-refractivity contribution < 1.29 is 0 Å². The molecule has 0 radical (unpaired) electrons. The third kappa shape index (κ3) is 2.44. The first-order valence-electron chi connectivity index (χ1n) is 4.83. The van der Waals surface area contributed by atoms with Gasteiger partial charge in [-0.15, -0.1) is 22.7 Å². The predicted molar refractivity (Wildman–Crippen MR) is 77.7 cm³/mol. The molecule has 0 unspecified atom stereocenters. The van der Waals surface area contributed by atoms with Gasteiger partial charge in [0, 0.05) is 4.88 Å². The topological polar surface area (TPSA) is 49.8 Å². The number of nitriles is 1. The summed E-state index contributed by atoms with van der Waals surface area (Å²) in [5.41, 5.74) is 8.31. The largest absolute Gasteiger partial charge is 0.396 e. The van der Waals surface area contributed by atoms with Crippen LogP contribution in [-0.2, 0) is 0 Å². The molecule has 0 aliphatic heterocycles. The zero-order chi connectivity index (χ0) is 12.4. The molecule has 0 amide bonds. The van der Waals surface area contributed by atoms with Crippen molar-refractivity contribution in [3.63, 3.8) is 0 Å². The smallest absolute Gasteiger partial charge is 0.103 e. The lowest BCUT2D eigenvalue weighted by Crippen LogP contribution is -1.97. The van der Waals surface area contributed by atoms with Crippen molar-refractivity contribution >= 4 is 49.9 Å². The van der Waals surface area contributed by atoms with Crippen molar-refractivity contribution in [2.45, 2.75) is 6.92 Å². The summed E-state index contributed by atoms with van der Waals surface area (Å²) in [6, 6.07) is 8.01. The summed E-state index contributed by atoms with van der Waals surface area (Å²) < 4.78 is 1.05. The first kappa shape index (κ1) is 12.4. The minimum absolute atomic E-state index is 0.550. The molecule has 0 aliphatic rings. The summed E-state index contributed by atoms with van der Waals surface area (Å²) in [6.07, 6.45) is 0. The molecule has 5 heteroatoms. The Bertz CT molecular complexity index is 583. The minimum atomic E-state index is 0.550. The van der Waals surface area contributed by atoms with Crippen LogP contribution in [0, 0.1) is 18.3 Å². The fourth-order valence-corrected chi connectivity index (χ4v) is 3.62. The maximum Gasteiger partial charge on any atom is 0.103 e. The molecule has 2 rings (SSSR count). The summed E-state index contributed by atoms with van der Waals surface area (Å²) in [4.78, 5) is 1.84. The monoisotopic (exact) mass is 324 g/mol. The molecule has 2 N–H and O–H groups in total. The Morgan fingerprint density at radius 2 is 2.24 bits per heavy atom. The highest BCUT2D eigenvalue weighted by Gasteiger charge is 2.12. The summed E-state index contributed by atoms with van der Waals surface area (Å²) in [5.74, 6) is 0. The molecule has 0 spiro atoms. The third-order valence-electron chi connectivity index (χ3n) is 2.27. The number of hydrogen-bond donors (Lipinski definition) is 1. The van der Waals surface area contributed by atoms with E-state index >= 15 is 0 Å². The second-order valence-corrected chi connectivity index (χ2v) is 6.76. The highest BCUT2D eigenvalue weighted by molar-refractivity contribution is 9.11. The molecule has 2 heterocycles. The van der Waals surface area contributed by atoms with Crippen LogP contribution in [0.5, 0.6) is 0 Å². The standard InChI is InChI=1S/C12H9BrN2S2/c1-7-5-10(17-12(7)13)11(15)8(6-14)9-3-2-4-16-9/h2-5H,15H2,1H3/b11-8+. The molecule has 86 valence electrons. The van der Waals surface area contributed by atoms with Gasteiger partial charge in [-0.25, -0.2) is 0 Å². The van der Waals surface area contributed by atoms with Crippen molar-refractivity contribution in [3.8, 4) is 6.07 Å². The zero-order valence-electron chi connectivity index (χ0n) is 9.03. The molecule has 0 bridgehead atoms. The van der Waals surface area contributed by atoms with Gasteiger partial charge >= 0.3 is 0 Å². The minimum Gasteiger partial charge on any atom is -0.396 e. The molecule has 0 saturated carbocycles. The van der Waals surface area contributed by atoms with Crippen LogP contribution < -0.4 is 5.73 Å². The van der Waals surface area contributed by atoms with Gasteiger partial charge in [0.15, 0.2) is 0 Å². The van der Waals surface area contributed by atoms with E-state index in [0.717, 1.165) is 19.1 Å². The van der Waals surface area contributed by atoms with Gasteiger partial charge in [0.25, 0.3) is 0 Å². The number of allylic oxidation sites excluding steroid dienone is 1. The molecular formula is C12H9BrN2S2. The van der Waals surface area contributed by atoms with Crippen LogP contribution in [0.1, 0.15) is 15.3 Å². The van der Waals surface area contributed by atoms with E-state index in [1.54, 1.807) is 11.3 Å². The predicted octanol–water partition coefficient (Wildman–Crippen LogP) is 4.23. The molecular weight excluding hydrogens is 316 g/mol. The first-order chi connectivity index (χ1) is 8.13. The van der Waals surface area contributed by atoms with E-state index in [-0.39, 0.29) is 0 Å². The van der Waals surface area contributed by atoms with Crippen molar-refractivity contribution in [2.75, 3.05) is 0 Å². The van der Waals surface area contributed by atoms with Gasteiger partial charge in [0.1, 0.15) is 6.07 Å². The highest BCUT2D eigenvalue weighted by atomic mass is 79.9. The van der Waals surface area contributed by atoms with Crippen LogP contribution in [0.3, 0.4) is 0 Å². The Labute approximate surface area is 116 Å². The van der Waals surface area contributed by atoms with Gasteiger partial charge in [0.2, 0.25) is 0 Å². The van der Waals surface area contributed by atoms with Crippen LogP contribution in [0.15, 0.2) is 27.4 Å². The van der Waals surface area contributed by atoms with Gasteiger partial charge < -0.3 is 5.73 Å². The molecule has 0 fully saturated rings. The summed E-state index contributed by atoms with van der Waals surface area (Å²) in [6.45, 7) is 2.01. The number of thiophene rings is 2. The molecule has 2 nitrogen and oxygen atoms in total. The molecule has 0 aromatic carbocycles. The average molecular weight is 325 g/mol. The highest BCUT2D eigenvalue weighted by Crippen LogP contribution is 2.33. The fourth-order valence-electron chi connectivity index (χ4n) is 1.38. The number of rotatable bonds is 2. The van der Waals surface area contributed by atoms with Crippen LogP contribution in [0.4, 0.5) is 0 Å². The van der Waals surface area contributed by atoms with Crippen LogP contribution in [-0.4, -0.2) is 0 Å². The van der Waals surface area contributed by atoms with E-state index in [4.69, 9.17) is 5.73 Å². The lowest BCUT2D eigenvalue weighted by Gasteiger charge is -2.00. The maximum atomic E-state index is 9.22. The second-order valence-electron chi connectivity index (χ2n) is 3.45. The zero-order valence-corrected chi connectivity index (χ0v) is 12.2. The number of nitrogens with two attached hydrogens (primary N) is 1. The van der Waals surface area contributed by atoms with E-state index in [0.29, 0.717) is 11.3 Å². The van der Waals surface area contributed by atoms with Gasteiger partial charge in [-0.3, -0.25) is 0 Å². The van der Waals surface area contributed by atoms with E-state index in [1.807, 2.05) is 30.5 Å². The van der Waals surface area contributed by atoms with Crippen LogP contribution >= 0.6 is 38.6 Å². The lowest BCUT2D eigenvalue weighted by atomic mass is 10.1. The Balaban J connectivity index is 2.53.